The van der Waals surface area contributed by atoms with Crippen LogP contribution in [0.4, 0.5) is 0 Å². The molecule has 2 unspecified atom stereocenters. The van der Waals surface area contributed by atoms with E-state index in [0.717, 1.165) is 31.5 Å². The quantitative estimate of drug-likeness (QED) is 0.866. The molecule has 0 spiro atoms. The number of aromatic nitrogens is 3. The average molecular weight is 309 g/mol. The van der Waals surface area contributed by atoms with Gasteiger partial charge in [0.2, 0.25) is 0 Å². The average Bonchev–Trinajstić information content (AvgIpc) is 2.87. The molecule has 1 N–H and O–H groups in total. The fraction of sp³-hybridized carbons (Fsp3) is 0.800. The van der Waals surface area contributed by atoms with Crippen LogP contribution in [0.3, 0.4) is 0 Å². The number of hydrogen-bond acceptors (Lipinski definition) is 5. The van der Waals surface area contributed by atoms with Crippen molar-refractivity contribution < 1.29 is 9.90 Å². The lowest BCUT2D eigenvalue weighted by molar-refractivity contribution is -0.146. The summed E-state index contributed by atoms with van der Waals surface area (Å²) in [7, 11) is 0. The van der Waals surface area contributed by atoms with Crippen LogP contribution in [0.2, 0.25) is 0 Å². The molecule has 1 fully saturated rings. The van der Waals surface area contributed by atoms with Crippen LogP contribution in [-0.2, 0) is 16.9 Å². The van der Waals surface area contributed by atoms with E-state index in [1.54, 1.807) is 4.68 Å². The molecule has 0 radical (unpaired) electrons. The van der Waals surface area contributed by atoms with E-state index in [4.69, 9.17) is 0 Å². The summed E-state index contributed by atoms with van der Waals surface area (Å²) < 4.78 is 1.61. The summed E-state index contributed by atoms with van der Waals surface area (Å²) in [5.41, 5.74) is -1.40. The van der Waals surface area contributed by atoms with E-state index in [0.29, 0.717) is 18.0 Å². The van der Waals surface area contributed by atoms with Gasteiger partial charge in [0.15, 0.2) is 22.5 Å². The molecule has 1 aliphatic carbocycles. The van der Waals surface area contributed by atoms with Crippen LogP contribution in [0.15, 0.2) is 5.16 Å². The first kappa shape index (κ1) is 15.0. The number of thioether (sulfide) groups is 1. The van der Waals surface area contributed by atoms with Crippen molar-refractivity contribution in [3.8, 4) is 0 Å². The van der Waals surface area contributed by atoms with Crippen LogP contribution in [0, 0.1) is 5.41 Å². The molecule has 1 aromatic heterocycles. The minimum Gasteiger partial charge on any atom is -0.368 e. The van der Waals surface area contributed by atoms with Crippen molar-refractivity contribution >= 4 is 17.5 Å². The second-order valence-corrected chi connectivity index (χ2v) is 8.11. The number of aryl methyl sites for hydroxylation is 1. The monoisotopic (exact) mass is 309 g/mol. The molecule has 0 saturated heterocycles. The Bertz CT molecular complexity index is 569. The van der Waals surface area contributed by atoms with Crippen molar-refractivity contribution in [2.75, 3.05) is 0 Å². The smallest absolute Gasteiger partial charge is 0.189 e. The molecule has 1 aromatic rings. The van der Waals surface area contributed by atoms with E-state index in [2.05, 4.69) is 17.0 Å². The van der Waals surface area contributed by atoms with Crippen LogP contribution < -0.4 is 0 Å². The molecule has 3 rings (SSSR count). The van der Waals surface area contributed by atoms with Gasteiger partial charge in [0.05, 0.1) is 0 Å². The maximum absolute atomic E-state index is 12.3. The second-order valence-electron chi connectivity index (χ2n) is 7.04. The van der Waals surface area contributed by atoms with Gasteiger partial charge in [-0.2, -0.15) is 5.10 Å². The van der Waals surface area contributed by atoms with Crippen molar-refractivity contribution in [1.29, 1.82) is 0 Å². The lowest BCUT2D eigenvalue weighted by atomic mass is 9.72. The SMILES string of the molecule is CCCCCc1nc2n(n1)C1(O)CC(C)(C)CC(=O)C1S2. The number of unbranched alkanes of at least 4 members (excludes halogenated alkanes) is 2. The van der Waals surface area contributed by atoms with Crippen molar-refractivity contribution in [3.63, 3.8) is 0 Å². The minimum atomic E-state index is -1.20. The summed E-state index contributed by atoms with van der Waals surface area (Å²) in [6, 6.07) is 0. The second kappa shape index (κ2) is 5.09. The molecule has 5 nitrogen and oxygen atoms in total. The number of fused-ring (bicyclic) bond motifs is 3. The molecule has 0 bridgehead atoms. The fourth-order valence-corrected chi connectivity index (χ4v) is 4.69. The highest BCUT2D eigenvalue weighted by Gasteiger charge is 2.57. The molecule has 1 saturated carbocycles. The first-order chi connectivity index (χ1) is 9.86. The zero-order valence-corrected chi connectivity index (χ0v) is 13.7. The van der Waals surface area contributed by atoms with Gasteiger partial charge in [-0.15, -0.1) is 0 Å². The summed E-state index contributed by atoms with van der Waals surface area (Å²) in [5, 5.41) is 15.8. The Morgan fingerprint density at radius 3 is 2.90 bits per heavy atom. The first-order valence-electron chi connectivity index (χ1n) is 7.74. The van der Waals surface area contributed by atoms with E-state index in [1.807, 2.05) is 13.8 Å². The standard InChI is InChI=1S/C15H23N3O2S/c1-4-5-6-7-11-16-13-18(17-11)15(20)9-14(2,3)8-10(19)12(15)21-13/h12,20H,4-9H2,1-3H3. The largest absolute Gasteiger partial charge is 0.368 e. The topological polar surface area (TPSA) is 68.0 Å². The lowest BCUT2D eigenvalue weighted by Gasteiger charge is -2.41. The summed E-state index contributed by atoms with van der Waals surface area (Å²) in [4.78, 5) is 16.8. The maximum atomic E-state index is 12.3. The number of carbonyl (C=O) groups excluding carboxylic acids is 1. The highest BCUT2D eigenvalue weighted by atomic mass is 32.2. The third kappa shape index (κ3) is 2.52. The normalized spacial score (nSPS) is 30.3. The molecule has 1 aliphatic heterocycles. The van der Waals surface area contributed by atoms with Gasteiger partial charge >= 0.3 is 0 Å². The molecule has 0 amide bonds. The van der Waals surface area contributed by atoms with E-state index in [-0.39, 0.29) is 11.2 Å². The molecule has 2 atom stereocenters. The van der Waals surface area contributed by atoms with Crippen molar-refractivity contribution in [3.05, 3.63) is 5.82 Å². The van der Waals surface area contributed by atoms with Gasteiger partial charge in [0, 0.05) is 19.3 Å². The molecule has 116 valence electrons. The summed E-state index contributed by atoms with van der Waals surface area (Å²) in [6.07, 6.45) is 5.30. The maximum Gasteiger partial charge on any atom is 0.189 e. The zero-order valence-electron chi connectivity index (χ0n) is 12.9. The van der Waals surface area contributed by atoms with Crippen molar-refractivity contribution in [2.24, 2.45) is 5.41 Å². The summed E-state index contributed by atoms with van der Waals surface area (Å²) in [6.45, 7) is 6.22. The fourth-order valence-electron chi connectivity index (χ4n) is 3.44. The van der Waals surface area contributed by atoms with Gasteiger partial charge < -0.3 is 5.11 Å². The van der Waals surface area contributed by atoms with E-state index in [9.17, 15) is 9.90 Å². The predicted molar refractivity (Wildman–Crippen MR) is 81.1 cm³/mol. The number of carbonyl (C=O) groups is 1. The van der Waals surface area contributed by atoms with Crippen LogP contribution in [0.5, 0.6) is 0 Å². The number of ketones is 1. The molecule has 2 aliphatic rings. The molecule has 21 heavy (non-hydrogen) atoms. The molecular formula is C15H23N3O2S. The highest BCUT2D eigenvalue weighted by molar-refractivity contribution is 8.00. The number of nitrogens with zero attached hydrogens (tertiary/aromatic N) is 3. The van der Waals surface area contributed by atoms with E-state index in [1.165, 1.54) is 11.8 Å². The lowest BCUT2D eigenvalue weighted by Crippen LogP contribution is -2.52. The number of aliphatic hydroxyl groups is 1. The van der Waals surface area contributed by atoms with Crippen LogP contribution >= 0.6 is 11.8 Å². The Hall–Kier alpha value is -0.880. The Morgan fingerprint density at radius 1 is 1.43 bits per heavy atom. The van der Waals surface area contributed by atoms with Gasteiger partial charge in [0.1, 0.15) is 5.25 Å². The first-order valence-corrected chi connectivity index (χ1v) is 8.62. The summed E-state index contributed by atoms with van der Waals surface area (Å²) in [5.74, 6) is 0.896. The molecule has 6 heteroatoms. The van der Waals surface area contributed by atoms with Gasteiger partial charge in [-0.1, -0.05) is 45.4 Å². The number of rotatable bonds is 4. The van der Waals surface area contributed by atoms with Gasteiger partial charge in [-0.25, -0.2) is 9.67 Å². The Morgan fingerprint density at radius 2 is 2.19 bits per heavy atom. The number of hydrogen-bond donors (Lipinski definition) is 1. The van der Waals surface area contributed by atoms with Crippen LogP contribution in [0.1, 0.15) is 58.7 Å². The zero-order chi connectivity index (χ0) is 15.3. The van der Waals surface area contributed by atoms with Crippen molar-refractivity contribution in [1.82, 2.24) is 14.8 Å². The Balaban J connectivity index is 1.86. The van der Waals surface area contributed by atoms with Gasteiger partial charge in [-0.3, -0.25) is 4.79 Å². The minimum absolute atomic E-state index is 0.110. The van der Waals surface area contributed by atoms with Gasteiger partial charge in [-0.05, 0) is 11.8 Å². The third-order valence-corrected chi connectivity index (χ3v) is 5.67. The van der Waals surface area contributed by atoms with Gasteiger partial charge in [0.25, 0.3) is 0 Å². The highest BCUT2D eigenvalue weighted by Crippen LogP contribution is 2.52. The molecule has 0 aromatic carbocycles. The summed E-state index contributed by atoms with van der Waals surface area (Å²) >= 11 is 1.38. The Labute approximate surface area is 129 Å². The van der Waals surface area contributed by atoms with E-state index >= 15 is 0 Å². The third-order valence-electron chi connectivity index (χ3n) is 4.32. The predicted octanol–water partition coefficient (Wildman–Crippen LogP) is 2.52. The molecule has 2 heterocycles. The Kier molecular flexibility index (Phi) is 3.64. The number of Topliss-reactive ketones (excluding diaryl/α,β-unsaturated/α-hetero) is 1. The van der Waals surface area contributed by atoms with Crippen LogP contribution in [-0.4, -0.2) is 30.9 Å². The van der Waals surface area contributed by atoms with Crippen LogP contribution in [0.25, 0.3) is 0 Å². The molecular weight excluding hydrogens is 286 g/mol. The van der Waals surface area contributed by atoms with Crippen molar-refractivity contribution in [2.45, 2.75) is 75.4 Å². The van der Waals surface area contributed by atoms with E-state index < -0.39 is 11.0 Å².